The largest absolute Gasteiger partial charge is 0.348 e. The molecule has 0 atom stereocenters. The maximum Gasteiger partial charge on any atom is 0.0882 e. The first-order valence-electron chi connectivity index (χ1n) is 9.77. The SMILES string of the molecule is CCN(CCN)CCCNCCNCCN(CCNC)CC[NH2+]C. The van der Waals surface area contributed by atoms with E-state index in [4.69, 9.17) is 5.73 Å². The van der Waals surface area contributed by atoms with E-state index in [1.807, 2.05) is 7.05 Å². The number of nitrogens with two attached hydrogens (primary N) is 2. The topological polar surface area (TPSA) is 85.2 Å². The minimum Gasteiger partial charge on any atom is -0.348 e. The van der Waals surface area contributed by atoms with Gasteiger partial charge in [0.1, 0.15) is 0 Å². The van der Waals surface area contributed by atoms with E-state index < -0.39 is 0 Å². The molecule has 7 N–H and O–H groups in total. The molecule has 7 nitrogen and oxygen atoms in total. The van der Waals surface area contributed by atoms with Gasteiger partial charge < -0.3 is 31.9 Å². The van der Waals surface area contributed by atoms with Gasteiger partial charge in [-0.25, -0.2) is 0 Å². The number of hydrogen-bond acceptors (Lipinski definition) is 6. The van der Waals surface area contributed by atoms with Crippen molar-refractivity contribution in [2.45, 2.75) is 13.3 Å². The summed E-state index contributed by atoms with van der Waals surface area (Å²) in [5, 5.41) is 12.5. The van der Waals surface area contributed by atoms with Gasteiger partial charge in [0.2, 0.25) is 0 Å². The van der Waals surface area contributed by atoms with E-state index in [0.717, 1.165) is 78.5 Å². The van der Waals surface area contributed by atoms with Crippen molar-refractivity contribution in [2.75, 3.05) is 99.2 Å². The highest BCUT2D eigenvalue weighted by molar-refractivity contribution is 4.62. The predicted octanol–water partition coefficient (Wildman–Crippen LogP) is -2.45. The number of hydrogen-bond donors (Lipinski definition) is 5. The van der Waals surface area contributed by atoms with Crippen LogP contribution in [-0.4, -0.2) is 109 Å². The third-order valence-electron chi connectivity index (χ3n) is 4.22. The highest BCUT2D eigenvalue weighted by atomic mass is 15.2. The van der Waals surface area contributed by atoms with E-state index in [1.54, 1.807) is 0 Å². The lowest BCUT2D eigenvalue weighted by Gasteiger charge is -2.21. The van der Waals surface area contributed by atoms with E-state index in [9.17, 15) is 0 Å². The third-order valence-corrected chi connectivity index (χ3v) is 4.22. The van der Waals surface area contributed by atoms with Crippen LogP contribution in [0.4, 0.5) is 0 Å². The van der Waals surface area contributed by atoms with Crippen molar-refractivity contribution in [3.05, 3.63) is 0 Å². The van der Waals surface area contributed by atoms with E-state index >= 15 is 0 Å². The molecule has 0 heterocycles. The lowest BCUT2D eigenvalue weighted by Crippen LogP contribution is -2.81. The number of nitrogens with zero attached hydrogens (tertiary/aromatic N) is 2. The minimum absolute atomic E-state index is 0.757. The van der Waals surface area contributed by atoms with Gasteiger partial charge in [-0.15, -0.1) is 0 Å². The first kappa shape index (κ1) is 23.7. The second-order valence-corrected chi connectivity index (χ2v) is 6.22. The summed E-state index contributed by atoms with van der Waals surface area (Å²) in [6.45, 7) is 16.1. The zero-order chi connectivity index (χ0) is 17.9. The molecule has 0 saturated heterocycles. The molecule has 7 heteroatoms. The summed E-state index contributed by atoms with van der Waals surface area (Å²) in [4.78, 5) is 4.93. The zero-order valence-electron chi connectivity index (χ0n) is 16.4. The molecule has 0 aromatic rings. The Bertz CT molecular complexity index is 233. The summed E-state index contributed by atoms with van der Waals surface area (Å²) in [6, 6.07) is 0. The van der Waals surface area contributed by atoms with Crippen molar-refractivity contribution in [1.82, 2.24) is 25.8 Å². The Hall–Kier alpha value is -0.280. The molecule has 0 fully saturated rings. The average molecular weight is 347 g/mol. The van der Waals surface area contributed by atoms with Crippen molar-refractivity contribution >= 4 is 0 Å². The second-order valence-electron chi connectivity index (χ2n) is 6.22. The summed E-state index contributed by atoms with van der Waals surface area (Å²) in [5.74, 6) is 0. The highest BCUT2D eigenvalue weighted by Crippen LogP contribution is 1.89. The normalized spacial score (nSPS) is 11.8. The van der Waals surface area contributed by atoms with E-state index in [-0.39, 0.29) is 0 Å². The minimum atomic E-state index is 0.757. The quantitative estimate of drug-likeness (QED) is 0.167. The molecule has 0 aliphatic carbocycles. The summed E-state index contributed by atoms with van der Waals surface area (Å²) in [6.07, 6.45) is 1.19. The molecule has 0 saturated carbocycles. The van der Waals surface area contributed by atoms with Gasteiger partial charge in [-0.1, -0.05) is 6.92 Å². The van der Waals surface area contributed by atoms with Crippen LogP contribution in [0.5, 0.6) is 0 Å². The van der Waals surface area contributed by atoms with Crippen LogP contribution in [-0.2, 0) is 0 Å². The molecule has 0 radical (unpaired) electrons. The van der Waals surface area contributed by atoms with E-state index in [1.165, 1.54) is 13.0 Å². The molecule has 0 rings (SSSR count). The van der Waals surface area contributed by atoms with E-state index in [2.05, 4.69) is 45.0 Å². The fraction of sp³-hybridized carbons (Fsp3) is 1.00. The number of nitrogens with one attached hydrogen (secondary N) is 3. The Labute approximate surface area is 150 Å². The van der Waals surface area contributed by atoms with Crippen LogP contribution in [0, 0.1) is 0 Å². The van der Waals surface area contributed by atoms with Crippen LogP contribution in [0.15, 0.2) is 0 Å². The highest BCUT2D eigenvalue weighted by Gasteiger charge is 2.04. The van der Waals surface area contributed by atoms with Crippen LogP contribution in [0.1, 0.15) is 13.3 Å². The number of rotatable bonds is 19. The monoisotopic (exact) mass is 346 g/mol. The average Bonchev–Trinajstić information content (AvgIpc) is 2.60. The van der Waals surface area contributed by atoms with Crippen LogP contribution in [0.3, 0.4) is 0 Å². The van der Waals surface area contributed by atoms with Crippen LogP contribution >= 0.6 is 0 Å². The van der Waals surface area contributed by atoms with Gasteiger partial charge in [0.05, 0.1) is 13.6 Å². The lowest BCUT2D eigenvalue weighted by atomic mass is 10.3. The Morgan fingerprint density at radius 3 is 2.17 bits per heavy atom. The van der Waals surface area contributed by atoms with Crippen LogP contribution < -0.4 is 27.0 Å². The van der Waals surface area contributed by atoms with Gasteiger partial charge >= 0.3 is 0 Å². The first-order valence-corrected chi connectivity index (χ1v) is 9.77. The molecule has 0 aromatic heterocycles. The molecule has 0 unspecified atom stereocenters. The maximum atomic E-state index is 5.60. The number of likely N-dealkylation sites (N-methyl/N-ethyl adjacent to an activating group) is 3. The molecule has 146 valence electrons. The molecule has 0 bridgehead atoms. The third kappa shape index (κ3) is 15.3. The smallest absolute Gasteiger partial charge is 0.0882 e. The molecule has 24 heavy (non-hydrogen) atoms. The standard InChI is InChI=1S/C17H43N7/c1-4-23(14-6-18)13-5-7-21-8-9-22-12-17-24(15-10-19-2)16-11-20-3/h19-22H,4-18H2,1-3H3/p+1. The summed E-state index contributed by atoms with van der Waals surface area (Å²) in [5.41, 5.74) is 5.60. The summed E-state index contributed by atoms with van der Waals surface area (Å²) >= 11 is 0. The predicted molar refractivity (Wildman–Crippen MR) is 105 cm³/mol. The molecule has 0 amide bonds. The summed E-state index contributed by atoms with van der Waals surface area (Å²) in [7, 11) is 4.15. The van der Waals surface area contributed by atoms with Gasteiger partial charge in [-0.2, -0.15) is 0 Å². The Kier molecular flexibility index (Phi) is 18.8. The van der Waals surface area contributed by atoms with Crippen LogP contribution in [0.2, 0.25) is 0 Å². The fourth-order valence-electron chi connectivity index (χ4n) is 2.62. The Balaban J connectivity index is 3.46. The first-order chi connectivity index (χ1) is 11.8. The Morgan fingerprint density at radius 2 is 1.54 bits per heavy atom. The van der Waals surface area contributed by atoms with Gasteiger partial charge in [0.25, 0.3) is 0 Å². The van der Waals surface area contributed by atoms with Crippen molar-refractivity contribution < 1.29 is 5.32 Å². The van der Waals surface area contributed by atoms with Gasteiger partial charge in [0, 0.05) is 58.9 Å². The Morgan fingerprint density at radius 1 is 0.833 bits per heavy atom. The van der Waals surface area contributed by atoms with Crippen molar-refractivity contribution in [2.24, 2.45) is 5.73 Å². The molecule has 0 aliphatic rings. The lowest BCUT2D eigenvalue weighted by molar-refractivity contribution is -0.626. The zero-order valence-corrected chi connectivity index (χ0v) is 16.4. The molecular weight excluding hydrogens is 302 g/mol. The van der Waals surface area contributed by atoms with Crippen molar-refractivity contribution in [3.8, 4) is 0 Å². The molecular formula is C17H44N7+. The fourth-order valence-corrected chi connectivity index (χ4v) is 2.62. The maximum absolute atomic E-state index is 5.60. The second kappa shape index (κ2) is 19.1. The molecule has 0 aliphatic heterocycles. The molecule has 0 aromatic carbocycles. The summed E-state index contributed by atoms with van der Waals surface area (Å²) < 4.78 is 0. The van der Waals surface area contributed by atoms with Crippen molar-refractivity contribution in [3.63, 3.8) is 0 Å². The van der Waals surface area contributed by atoms with Crippen molar-refractivity contribution in [1.29, 1.82) is 0 Å². The van der Waals surface area contributed by atoms with Crippen LogP contribution in [0.25, 0.3) is 0 Å². The molecule has 0 spiro atoms. The number of quaternary nitrogens is 1. The van der Waals surface area contributed by atoms with Gasteiger partial charge in [0.15, 0.2) is 0 Å². The van der Waals surface area contributed by atoms with Gasteiger partial charge in [-0.3, -0.25) is 4.90 Å². The van der Waals surface area contributed by atoms with Gasteiger partial charge in [-0.05, 0) is 33.1 Å². The van der Waals surface area contributed by atoms with E-state index in [0.29, 0.717) is 0 Å².